The van der Waals surface area contributed by atoms with Gasteiger partial charge in [-0.15, -0.1) is 10.2 Å². The highest BCUT2D eigenvalue weighted by Crippen LogP contribution is 2.29. The Kier molecular flexibility index (Phi) is 4.72. The Balaban J connectivity index is 1.30. The fourth-order valence-corrected chi connectivity index (χ4v) is 4.11. The maximum absolute atomic E-state index is 12.5. The minimum atomic E-state index is -0.0929. The van der Waals surface area contributed by atoms with E-state index < -0.39 is 0 Å². The van der Waals surface area contributed by atoms with Crippen LogP contribution in [0.1, 0.15) is 0 Å². The number of nitrogens with one attached hydrogen (secondary N) is 1. The predicted octanol–water partition coefficient (Wildman–Crippen LogP) is 5.11. The summed E-state index contributed by atoms with van der Waals surface area (Å²) in [4.78, 5) is 12.5. The van der Waals surface area contributed by atoms with Crippen LogP contribution in [0.3, 0.4) is 0 Å². The number of fused-ring (bicyclic) bond motifs is 2. The van der Waals surface area contributed by atoms with Crippen molar-refractivity contribution in [1.82, 2.24) is 14.8 Å². The van der Waals surface area contributed by atoms with Crippen LogP contribution in [-0.2, 0) is 11.8 Å². The summed E-state index contributed by atoms with van der Waals surface area (Å²) >= 11 is 1.34. The summed E-state index contributed by atoms with van der Waals surface area (Å²) in [6.45, 7) is 0. The molecule has 1 amide bonds. The van der Waals surface area contributed by atoms with Crippen LogP contribution in [0.2, 0.25) is 0 Å². The first-order valence-electron chi connectivity index (χ1n) is 9.48. The third kappa shape index (κ3) is 3.44. The van der Waals surface area contributed by atoms with Crippen molar-refractivity contribution in [2.75, 3.05) is 11.1 Å². The van der Waals surface area contributed by atoms with Gasteiger partial charge in [0.2, 0.25) is 5.91 Å². The van der Waals surface area contributed by atoms with E-state index >= 15 is 0 Å². The second-order valence-corrected chi connectivity index (χ2v) is 7.82. The highest BCUT2D eigenvalue weighted by atomic mass is 32.2. The third-order valence-electron chi connectivity index (χ3n) is 4.88. The van der Waals surface area contributed by atoms with E-state index in [4.69, 9.17) is 4.42 Å². The van der Waals surface area contributed by atoms with Crippen molar-refractivity contribution < 1.29 is 9.21 Å². The molecule has 0 saturated carbocycles. The number of thioether (sulfide) groups is 1. The molecule has 0 aliphatic carbocycles. The Labute approximate surface area is 176 Å². The first kappa shape index (κ1) is 18.4. The standard InChI is InChI=1S/C23H18N4O2S/c1-27-22(20-13-16-8-3-5-12-19(16)29-20)25-26-23(27)30-14-21(28)24-18-11-6-9-15-7-2-4-10-17(15)18/h2-13H,14H2,1H3,(H,24,28). The van der Waals surface area contributed by atoms with Crippen molar-refractivity contribution >= 4 is 45.1 Å². The van der Waals surface area contributed by atoms with E-state index in [2.05, 4.69) is 15.5 Å². The lowest BCUT2D eigenvalue weighted by Gasteiger charge is -2.08. The van der Waals surface area contributed by atoms with Crippen LogP contribution < -0.4 is 5.32 Å². The summed E-state index contributed by atoms with van der Waals surface area (Å²) in [5.41, 5.74) is 1.61. The SMILES string of the molecule is Cn1c(SCC(=O)Nc2cccc3ccccc23)nnc1-c1cc2ccccc2o1. The Hall–Kier alpha value is -3.58. The Bertz CT molecular complexity index is 1330. The number of benzene rings is 3. The molecule has 30 heavy (non-hydrogen) atoms. The van der Waals surface area contributed by atoms with E-state index in [1.54, 1.807) is 0 Å². The summed E-state index contributed by atoms with van der Waals surface area (Å²) in [5, 5.41) is 15.2. The third-order valence-corrected chi connectivity index (χ3v) is 5.90. The molecule has 0 saturated heterocycles. The maximum atomic E-state index is 12.5. The molecule has 0 fully saturated rings. The molecule has 3 aromatic carbocycles. The molecule has 2 aromatic heterocycles. The lowest BCUT2D eigenvalue weighted by molar-refractivity contribution is -0.113. The van der Waals surface area contributed by atoms with Gasteiger partial charge in [-0.05, 0) is 23.6 Å². The molecule has 6 nitrogen and oxygen atoms in total. The van der Waals surface area contributed by atoms with Gasteiger partial charge in [-0.25, -0.2) is 0 Å². The number of rotatable bonds is 5. The number of hydrogen-bond donors (Lipinski definition) is 1. The average Bonchev–Trinajstić information content (AvgIpc) is 3.35. The van der Waals surface area contributed by atoms with Crippen LogP contribution in [0.15, 0.2) is 82.4 Å². The number of furan rings is 1. The predicted molar refractivity (Wildman–Crippen MR) is 120 cm³/mol. The summed E-state index contributed by atoms with van der Waals surface area (Å²) in [7, 11) is 1.87. The number of aromatic nitrogens is 3. The van der Waals surface area contributed by atoms with Gasteiger partial charge < -0.3 is 14.3 Å². The fraction of sp³-hybridized carbons (Fsp3) is 0.0870. The fourth-order valence-electron chi connectivity index (χ4n) is 3.40. The van der Waals surface area contributed by atoms with Crippen LogP contribution in [-0.4, -0.2) is 26.4 Å². The van der Waals surface area contributed by atoms with E-state index in [0.29, 0.717) is 16.7 Å². The van der Waals surface area contributed by atoms with Gasteiger partial charge in [-0.2, -0.15) is 0 Å². The first-order valence-corrected chi connectivity index (χ1v) is 10.5. The highest BCUT2D eigenvalue weighted by molar-refractivity contribution is 7.99. The summed E-state index contributed by atoms with van der Waals surface area (Å²) in [6, 6.07) is 23.6. The Morgan fingerprint density at radius 2 is 1.77 bits per heavy atom. The average molecular weight is 414 g/mol. The summed E-state index contributed by atoms with van der Waals surface area (Å²) < 4.78 is 7.72. The van der Waals surface area contributed by atoms with Gasteiger partial charge >= 0.3 is 0 Å². The molecule has 148 valence electrons. The molecule has 5 aromatic rings. The van der Waals surface area contributed by atoms with Crippen molar-refractivity contribution in [1.29, 1.82) is 0 Å². The van der Waals surface area contributed by atoms with Gasteiger partial charge in [0.25, 0.3) is 0 Å². The molecule has 0 atom stereocenters. The van der Waals surface area contributed by atoms with E-state index in [9.17, 15) is 4.79 Å². The Morgan fingerprint density at radius 1 is 1.00 bits per heavy atom. The van der Waals surface area contributed by atoms with E-state index in [1.165, 1.54) is 11.8 Å². The number of anilines is 1. The van der Waals surface area contributed by atoms with Crippen molar-refractivity contribution in [2.24, 2.45) is 7.05 Å². The second kappa shape index (κ2) is 7.68. The van der Waals surface area contributed by atoms with Crippen molar-refractivity contribution in [3.63, 3.8) is 0 Å². The number of carbonyl (C=O) groups is 1. The molecular weight excluding hydrogens is 396 g/mol. The lowest BCUT2D eigenvalue weighted by atomic mass is 10.1. The first-order chi connectivity index (χ1) is 14.7. The second-order valence-electron chi connectivity index (χ2n) is 6.88. The van der Waals surface area contributed by atoms with Crippen LogP contribution in [0.25, 0.3) is 33.3 Å². The monoisotopic (exact) mass is 414 g/mol. The Morgan fingerprint density at radius 3 is 2.63 bits per heavy atom. The number of amides is 1. The van der Waals surface area contributed by atoms with Crippen LogP contribution in [0, 0.1) is 0 Å². The van der Waals surface area contributed by atoms with Gasteiger partial charge in [-0.3, -0.25) is 4.79 Å². The number of nitrogens with zero attached hydrogens (tertiary/aromatic N) is 3. The largest absolute Gasteiger partial charge is 0.453 e. The molecule has 2 heterocycles. The van der Waals surface area contributed by atoms with E-state index in [-0.39, 0.29) is 11.7 Å². The van der Waals surface area contributed by atoms with Gasteiger partial charge in [0.1, 0.15) is 5.58 Å². The van der Waals surface area contributed by atoms with E-state index in [0.717, 1.165) is 27.4 Å². The van der Waals surface area contributed by atoms with Gasteiger partial charge in [0.05, 0.1) is 5.75 Å². The zero-order valence-electron chi connectivity index (χ0n) is 16.2. The molecule has 0 radical (unpaired) electrons. The van der Waals surface area contributed by atoms with Crippen LogP contribution in [0.4, 0.5) is 5.69 Å². The zero-order chi connectivity index (χ0) is 20.5. The molecule has 5 rings (SSSR count). The zero-order valence-corrected chi connectivity index (χ0v) is 17.0. The summed E-state index contributed by atoms with van der Waals surface area (Å²) in [6.07, 6.45) is 0. The van der Waals surface area contributed by atoms with Crippen LogP contribution >= 0.6 is 11.8 Å². The minimum absolute atomic E-state index is 0.0929. The van der Waals surface area contributed by atoms with Crippen molar-refractivity contribution in [3.05, 3.63) is 72.8 Å². The quantitative estimate of drug-likeness (QED) is 0.405. The molecule has 0 spiro atoms. The number of para-hydroxylation sites is 1. The highest BCUT2D eigenvalue weighted by Gasteiger charge is 2.16. The summed E-state index contributed by atoms with van der Waals surface area (Å²) in [5.74, 6) is 1.42. The molecule has 0 bridgehead atoms. The topological polar surface area (TPSA) is 73.0 Å². The molecule has 0 aliphatic heterocycles. The molecule has 0 aliphatic rings. The van der Waals surface area contributed by atoms with Gasteiger partial charge in [-0.1, -0.05) is 66.4 Å². The number of carbonyl (C=O) groups excluding carboxylic acids is 1. The van der Waals surface area contributed by atoms with Gasteiger partial charge in [0.15, 0.2) is 16.7 Å². The van der Waals surface area contributed by atoms with Crippen LogP contribution in [0.5, 0.6) is 0 Å². The normalized spacial score (nSPS) is 11.2. The van der Waals surface area contributed by atoms with Gasteiger partial charge in [0, 0.05) is 23.5 Å². The molecule has 1 N–H and O–H groups in total. The molecule has 7 heteroatoms. The molecule has 0 unspecified atom stereocenters. The maximum Gasteiger partial charge on any atom is 0.234 e. The van der Waals surface area contributed by atoms with E-state index in [1.807, 2.05) is 84.4 Å². The molecular formula is C23H18N4O2S. The lowest BCUT2D eigenvalue weighted by Crippen LogP contribution is -2.14. The van der Waals surface area contributed by atoms with Crippen molar-refractivity contribution in [3.8, 4) is 11.6 Å². The smallest absolute Gasteiger partial charge is 0.234 e. The number of hydrogen-bond acceptors (Lipinski definition) is 5. The van der Waals surface area contributed by atoms with Crippen molar-refractivity contribution in [2.45, 2.75) is 5.16 Å². The minimum Gasteiger partial charge on any atom is -0.453 e.